The second-order valence-corrected chi connectivity index (χ2v) is 4.39. The normalized spacial score (nSPS) is 13.6. The number of hydrogen-bond donors (Lipinski definition) is 2. The first kappa shape index (κ1) is 10.9. The van der Waals surface area contributed by atoms with Crippen LogP contribution in [0.1, 0.15) is 34.6 Å². The average molecular weight is 158 g/mol. The third-order valence-electron chi connectivity index (χ3n) is 2.56. The van der Waals surface area contributed by atoms with Crippen LogP contribution in [0.25, 0.3) is 0 Å². The summed E-state index contributed by atoms with van der Waals surface area (Å²) in [6.07, 6.45) is 0. The highest BCUT2D eigenvalue weighted by molar-refractivity contribution is 4.91. The molecule has 3 N–H and O–H groups in total. The molecule has 0 fully saturated rings. The van der Waals surface area contributed by atoms with Crippen LogP contribution in [0.5, 0.6) is 0 Å². The van der Waals surface area contributed by atoms with Crippen LogP contribution >= 0.6 is 0 Å². The predicted molar refractivity (Wildman–Crippen MR) is 50.6 cm³/mol. The summed E-state index contributed by atoms with van der Waals surface area (Å²) in [5.41, 5.74) is 6.05. The molecule has 0 saturated carbocycles. The summed E-state index contributed by atoms with van der Waals surface area (Å²) in [5.74, 6) is 0. The molecule has 0 saturated heterocycles. The van der Waals surface area contributed by atoms with E-state index in [9.17, 15) is 0 Å². The minimum Gasteiger partial charge on any atom is -0.325 e. The fourth-order valence-electron chi connectivity index (χ4n) is 0.665. The topological polar surface area (TPSA) is 38.0 Å². The molecule has 11 heavy (non-hydrogen) atoms. The van der Waals surface area contributed by atoms with Crippen molar-refractivity contribution in [1.82, 2.24) is 5.32 Å². The summed E-state index contributed by atoms with van der Waals surface area (Å²) in [5, 5.41) is 3.32. The summed E-state index contributed by atoms with van der Waals surface area (Å²) in [7, 11) is 0. The Labute approximate surface area is 70.5 Å². The maximum Gasteiger partial charge on any atom is 0.0161 e. The van der Waals surface area contributed by atoms with Gasteiger partial charge >= 0.3 is 0 Å². The molecule has 0 aromatic carbocycles. The second-order valence-electron chi connectivity index (χ2n) is 4.39. The van der Waals surface area contributed by atoms with Crippen molar-refractivity contribution in [2.24, 2.45) is 11.1 Å². The van der Waals surface area contributed by atoms with Crippen LogP contribution in [0.2, 0.25) is 0 Å². The first-order chi connectivity index (χ1) is 4.81. The summed E-state index contributed by atoms with van der Waals surface area (Å²) < 4.78 is 0. The molecule has 0 radical (unpaired) electrons. The summed E-state index contributed by atoms with van der Waals surface area (Å²) >= 11 is 0. The van der Waals surface area contributed by atoms with E-state index in [1.807, 2.05) is 0 Å². The Morgan fingerprint density at radius 1 is 1.18 bits per heavy atom. The lowest BCUT2D eigenvalue weighted by Crippen LogP contribution is -2.52. The SMILES string of the molecule is CCNCC(C)(C)C(C)(C)N. The molecule has 0 aliphatic rings. The largest absolute Gasteiger partial charge is 0.325 e. The van der Waals surface area contributed by atoms with Gasteiger partial charge in [-0.25, -0.2) is 0 Å². The molecule has 68 valence electrons. The van der Waals surface area contributed by atoms with E-state index in [4.69, 9.17) is 5.73 Å². The van der Waals surface area contributed by atoms with Crippen molar-refractivity contribution in [1.29, 1.82) is 0 Å². The fourth-order valence-corrected chi connectivity index (χ4v) is 0.665. The van der Waals surface area contributed by atoms with E-state index >= 15 is 0 Å². The molecule has 0 rings (SSSR count). The van der Waals surface area contributed by atoms with Crippen molar-refractivity contribution >= 4 is 0 Å². The number of nitrogens with two attached hydrogens (primary N) is 1. The van der Waals surface area contributed by atoms with Crippen molar-refractivity contribution in [2.75, 3.05) is 13.1 Å². The summed E-state index contributed by atoms with van der Waals surface area (Å²) in [4.78, 5) is 0. The lowest BCUT2D eigenvalue weighted by Gasteiger charge is -2.38. The van der Waals surface area contributed by atoms with Gasteiger partial charge in [-0.05, 0) is 25.8 Å². The quantitative estimate of drug-likeness (QED) is 0.648. The van der Waals surface area contributed by atoms with Crippen LogP contribution in [0.3, 0.4) is 0 Å². The summed E-state index contributed by atoms with van der Waals surface area (Å²) in [6.45, 7) is 12.6. The van der Waals surface area contributed by atoms with Crippen LogP contribution in [0, 0.1) is 5.41 Å². The zero-order chi connectivity index (χ0) is 9.12. The molecule has 0 atom stereocenters. The molecule has 0 aliphatic carbocycles. The van der Waals surface area contributed by atoms with Crippen molar-refractivity contribution in [3.05, 3.63) is 0 Å². The lowest BCUT2D eigenvalue weighted by molar-refractivity contribution is 0.196. The highest BCUT2D eigenvalue weighted by Gasteiger charge is 2.32. The molecular formula is C9H22N2. The van der Waals surface area contributed by atoms with E-state index < -0.39 is 0 Å². The first-order valence-electron chi connectivity index (χ1n) is 4.31. The highest BCUT2D eigenvalue weighted by atomic mass is 14.9. The Hall–Kier alpha value is -0.0800. The Balaban J connectivity index is 4.00. The first-order valence-corrected chi connectivity index (χ1v) is 4.31. The molecular weight excluding hydrogens is 136 g/mol. The van der Waals surface area contributed by atoms with Crippen LogP contribution < -0.4 is 11.1 Å². The minimum atomic E-state index is -0.116. The standard InChI is InChI=1S/C9H22N2/c1-6-11-7-8(2,3)9(4,5)10/h11H,6-7,10H2,1-5H3. The van der Waals surface area contributed by atoms with Gasteiger partial charge in [0.25, 0.3) is 0 Å². The van der Waals surface area contributed by atoms with E-state index in [0.29, 0.717) is 0 Å². The molecule has 0 aliphatic heterocycles. The Bertz CT molecular complexity index is 111. The van der Waals surface area contributed by atoms with E-state index in [-0.39, 0.29) is 11.0 Å². The number of hydrogen-bond acceptors (Lipinski definition) is 2. The van der Waals surface area contributed by atoms with Crippen LogP contribution in [-0.2, 0) is 0 Å². The average Bonchev–Trinajstić information content (AvgIpc) is 1.81. The molecule has 0 amide bonds. The van der Waals surface area contributed by atoms with Crippen molar-refractivity contribution in [2.45, 2.75) is 40.2 Å². The van der Waals surface area contributed by atoms with Gasteiger partial charge in [0.05, 0.1) is 0 Å². The monoisotopic (exact) mass is 158 g/mol. The van der Waals surface area contributed by atoms with Crippen LogP contribution in [0.4, 0.5) is 0 Å². The molecule has 2 nitrogen and oxygen atoms in total. The third-order valence-corrected chi connectivity index (χ3v) is 2.56. The van der Waals surface area contributed by atoms with Gasteiger partial charge in [-0.15, -0.1) is 0 Å². The fraction of sp³-hybridized carbons (Fsp3) is 1.00. The molecule has 0 bridgehead atoms. The second kappa shape index (κ2) is 3.55. The van der Waals surface area contributed by atoms with Gasteiger partial charge in [0.1, 0.15) is 0 Å². The van der Waals surface area contributed by atoms with Gasteiger partial charge in [-0.1, -0.05) is 20.8 Å². The van der Waals surface area contributed by atoms with Gasteiger partial charge in [0.2, 0.25) is 0 Å². The van der Waals surface area contributed by atoms with Crippen molar-refractivity contribution < 1.29 is 0 Å². The molecule has 0 aromatic rings. The van der Waals surface area contributed by atoms with Gasteiger partial charge < -0.3 is 11.1 Å². The van der Waals surface area contributed by atoms with Crippen LogP contribution in [-0.4, -0.2) is 18.6 Å². The van der Waals surface area contributed by atoms with E-state index in [0.717, 1.165) is 13.1 Å². The van der Waals surface area contributed by atoms with Crippen LogP contribution in [0.15, 0.2) is 0 Å². The Kier molecular flexibility index (Phi) is 3.52. The third kappa shape index (κ3) is 3.21. The minimum absolute atomic E-state index is 0.116. The Morgan fingerprint density at radius 3 is 1.91 bits per heavy atom. The molecule has 0 aromatic heterocycles. The van der Waals surface area contributed by atoms with E-state index in [2.05, 4.69) is 39.9 Å². The van der Waals surface area contributed by atoms with Gasteiger partial charge in [0.15, 0.2) is 0 Å². The maximum atomic E-state index is 6.01. The lowest BCUT2D eigenvalue weighted by atomic mass is 9.75. The molecule has 0 spiro atoms. The van der Waals surface area contributed by atoms with Gasteiger partial charge in [0, 0.05) is 12.1 Å². The van der Waals surface area contributed by atoms with E-state index in [1.54, 1.807) is 0 Å². The molecule has 2 heteroatoms. The number of rotatable bonds is 4. The predicted octanol–water partition coefficient (Wildman–Crippen LogP) is 1.36. The maximum absolute atomic E-state index is 6.01. The highest BCUT2D eigenvalue weighted by Crippen LogP contribution is 2.26. The molecule has 0 unspecified atom stereocenters. The van der Waals surface area contributed by atoms with Crippen molar-refractivity contribution in [3.63, 3.8) is 0 Å². The van der Waals surface area contributed by atoms with Gasteiger partial charge in [-0.2, -0.15) is 0 Å². The Morgan fingerprint density at radius 2 is 1.64 bits per heavy atom. The smallest absolute Gasteiger partial charge is 0.0161 e. The zero-order valence-electron chi connectivity index (χ0n) is 8.49. The van der Waals surface area contributed by atoms with Crippen molar-refractivity contribution in [3.8, 4) is 0 Å². The zero-order valence-corrected chi connectivity index (χ0v) is 8.49. The number of nitrogens with one attached hydrogen (secondary N) is 1. The van der Waals surface area contributed by atoms with Gasteiger partial charge in [-0.3, -0.25) is 0 Å². The summed E-state index contributed by atoms with van der Waals surface area (Å²) in [6, 6.07) is 0. The molecule has 0 heterocycles. The van der Waals surface area contributed by atoms with E-state index in [1.165, 1.54) is 0 Å².